The Hall–Kier alpha value is -2.08. The highest BCUT2D eigenvalue weighted by atomic mass is 16.4. The summed E-state index contributed by atoms with van der Waals surface area (Å²) >= 11 is 0. The molecule has 0 heterocycles. The van der Waals surface area contributed by atoms with Crippen LogP contribution in [0.25, 0.3) is 6.08 Å². The van der Waals surface area contributed by atoms with E-state index in [2.05, 4.69) is 0 Å². The summed E-state index contributed by atoms with van der Waals surface area (Å²) in [4.78, 5) is 10.4. The van der Waals surface area contributed by atoms with Crippen LogP contribution in [-0.4, -0.2) is 5.97 Å². The first kappa shape index (κ1) is 10.0. The lowest BCUT2D eigenvalue weighted by atomic mass is 10.1. The van der Waals surface area contributed by atoms with Crippen molar-refractivity contribution >= 4 is 12.0 Å². The van der Waals surface area contributed by atoms with E-state index in [9.17, 15) is 9.90 Å². The zero-order valence-electron chi connectivity index (χ0n) is 7.65. The number of nitriles is 1. The van der Waals surface area contributed by atoms with Crippen molar-refractivity contribution in [3.05, 3.63) is 41.0 Å². The van der Waals surface area contributed by atoms with Gasteiger partial charge in [-0.25, -0.2) is 0 Å². The number of aliphatic carboxylic acids is 1. The maximum absolute atomic E-state index is 10.4. The monoisotopic (exact) mass is 186 g/mol. The molecule has 3 nitrogen and oxygen atoms in total. The SMILES string of the molecule is Cc1ccc(/C=C(/C#N)C(=O)[O-])cc1. The highest BCUT2D eigenvalue weighted by Gasteiger charge is 1.96. The summed E-state index contributed by atoms with van der Waals surface area (Å²) in [5, 5.41) is 18.9. The van der Waals surface area contributed by atoms with Gasteiger partial charge in [0, 0.05) is 0 Å². The van der Waals surface area contributed by atoms with Gasteiger partial charge in [0.05, 0.1) is 11.5 Å². The van der Waals surface area contributed by atoms with Gasteiger partial charge in [0.25, 0.3) is 0 Å². The molecule has 0 aliphatic heterocycles. The molecule has 0 N–H and O–H groups in total. The van der Waals surface area contributed by atoms with E-state index < -0.39 is 5.97 Å². The summed E-state index contributed by atoms with van der Waals surface area (Å²) in [5.74, 6) is -1.45. The van der Waals surface area contributed by atoms with Crippen molar-refractivity contribution in [2.24, 2.45) is 0 Å². The normalized spacial score (nSPS) is 10.7. The maximum atomic E-state index is 10.4. The number of nitrogens with zero attached hydrogens (tertiary/aromatic N) is 1. The molecule has 0 aromatic heterocycles. The molecular formula is C11H8NO2-. The van der Waals surface area contributed by atoms with Gasteiger partial charge in [0.1, 0.15) is 6.07 Å². The largest absolute Gasteiger partial charge is 0.544 e. The van der Waals surface area contributed by atoms with Crippen LogP contribution >= 0.6 is 0 Å². The summed E-state index contributed by atoms with van der Waals surface area (Å²) < 4.78 is 0. The van der Waals surface area contributed by atoms with E-state index in [1.165, 1.54) is 6.08 Å². The van der Waals surface area contributed by atoms with E-state index in [1.54, 1.807) is 18.2 Å². The molecule has 1 aromatic rings. The maximum Gasteiger partial charge on any atom is 0.101 e. The van der Waals surface area contributed by atoms with Crippen molar-refractivity contribution in [2.75, 3.05) is 0 Å². The van der Waals surface area contributed by atoms with Crippen LogP contribution in [0.1, 0.15) is 11.1 Å². The van der Waals surface area contributed by atoms with Crippen molar-refractivity contribution < 1.29 is 9.90 Å². The zero-order chi connectivity index (χ0) is 10.6. The zero-order valence-corrected chi connectivity index (χ0v) is 7.65. The van der Waals surface area contributed by atoms with Crippen molar-refractivity contribution in [2.45, 2.75) is 6.92 Å². The standard InChI is InChI=1S/C11H9NO2/c1-8-2-4-9(5-3-8)6-10(7-12)11(13)14/h2-6H,1H3,(H,13,14)/p-1/b10-6-. The third kappa shape index (κ3) is 2.46. The van der Waals surface area contributed by atoms with Gasteiger partial charge in [-0.3, -0.25) is 0 Å². The minimum atomic E-state index is -1.45. The van der Waals surface area contributed by atoms with Gasteiger partial charge >= 0.3 is 0 Å². The van der Waals surface area contributed by atoms with E-state index in [0.717, 1.165) is 5.56 Å². The molecule has 0 bridgehead atoms. The van der Waals surface area contributed by atoms with Gasteiger partial charge in [-0.2, -0.15) is 5.26 Å². The van der Waals surface area contributed by atoms with Gasteiger partial charge in [0.15, 0.2) is 0 Å². The molecule has 0 fully saturated rings. The van der Waals surface area contributed by atoms with Crippen LogP contribution in [0.3, 0.4) is 0 Å². The third-order valence-electron chi connectivity index (χ3n) is 1.73. The molecule has 0 aliphatic rings. The molecule has 0 amide bonds. The lowest BCUT2D eigenvalue weighted by Gasteiger charge is -1.99. The summed E-state index contributed by atoms with van der Waals surface area (Å²) in [7, 11) is 0. The summed E-state index contributed by atoms with van der Waals surface area (Å²) in [6.45, 7) is 1.93. The summed E-state index contributed by atoms with van der Waals surface area (Å²) in [6, 6.07) is 8.74. The minimum Gasteiger partial charge on any atom is -0.544 e. The molecular weight excluding hydrogens is 178 g/mol. The number of hydrogen-bond donors (Lipinski definition) is 0. The number of carboxylic acids is 1. The van der Waals surface area contributed by atoms with E-state index in [4.69, 9.17) is 5.26 Å². The minimum absolute atomic E-state index is 0.367. The Morgan fingerprint density at radius 3 is 2.43 bits per heavy atom. The second-order valence-corrected chi connectivity index (χ2v) is 2.87. The second-order valence-electron chi connectivity index (χ2n) is 2.87. The second kappa shape index (κ2) is 4.24. The first-order valence-corrected chi connectivity index (χ1v) is 4.03. The van der Waals surface area contributed by atoms with Crippen molar-refractivity contribution in [3.63, 3.8) is 0 Å². The molecule has 0 unspecified atom stereocenters. The van der Waals surface area contributed by atoms with Crippen LogP contribution in [-0.2, 0) is 4.79 Å². The Morgan fingerprint density at radius 1 is 1.43 bits per heavy atom. The predicted molar refractivity (Wildman–Crippen MR) is 49.8 cm³/mol. The molecule has 0 saturated heterocycles. The number of benzene rings is 1. The first-order chi connectivity index (χ1) is 6.63. The Labute approximate surface area is 81.9 Å². The van der Waals surface area contributed by atoms with Gasteiger partial charge in [-0.1, -0.05) is 29.8 Å². The fourth-order valence-corrected chi connectivity index (χ4v) is 0.966. The van der Waals surface area contributed by atoms with Crippen LogP contribution in [0, 0.1) is 18.3 Å². The lowest BCUT2D eigenvalue weighted by Crippen LogP contribution is -2.23. The number of carboxylic acid groups (broad SMARTS) is 1. The average molecular weight is 186 g/mol. The van der Waals surface area contributed by atoms with Crippen molar-refractivity contribution in [1.29, 1.82) is 5.26 Å². The van der Waals surface area contributed by atoms with E-state index in [-0.39, 0.29) is 5.57 Å². The Bertz CT molecular complexity index is 410. The van der Waals surface area contributed by atoms with E-state index in [1.807, 2.05) is 19.1 Å². The topological polar surface area (TPSA) is 63.9 Å². The molecule has 1 rings (SSSR count). The van der Waals surface area contributed by atoms with Crippen LogP contribution in [0.2, 0.25) is 0 Å². The summed E-state index contributed by atoms with van der Waals surface area (Å²) in [6.07, 6.45) is 1.29. The molecule has 3 heteroatoms. The summed E-state index contributed by atoms with van der Waals surface area (Å²) in [5.41, 5.74) is 1.39. The Kier molecular flexibility index (Phi) is 3.03. The fourth-order valence-electron chi connectivity index (χ4n) is 0.966. The van der Waals surface area contributed by atoms with Gasteiger partial charge in [0.2, 0.25) is 0 Å². The van der Waals surface area contributed by atoms with Crippen molar-refractivity contribution in [1.82, 2.24) is 0 Å². The molecule has 0 atom stereocenters. The Balaban J connectivity index is 3.03. The molecule has 1 aromatic carbocycles. The van der Waals surface area contributed by atoms with Gasteiger partial charge in [-0.05, 0) is 18.6 Å². The number of aryl methyl sites for hydroxylation is 1. The fraction of sp³-hybridized carbons (Fsp3) is 0.0909. The highest BCUT2D eigenvalue weighted by molar-refractivity contribution is 5.94. The Morgan fingerprint density at radius 2 is 2.00 bits per heavy atom. The lowest BCUT2D eigenvalue weighted by molar-refractivity contribution is -0.298. The quantitative estimate of drug-likeness (QED) is 0.503. The van der Waals surface area contributed by atoms with E-state index >= 15 is 0 Å². The van der Waals surface area contributed by atoms with Gasteiger partial charge in [-0.15, -0.1) is 0 Å². The number of carbonyl (C=O) groups is 1. The van der Waals surface area contributed by atoms with Crippen LogP contribution < -0.4 is 5.11 Å². The molecule has 0 spiro atoms. The number of carbonyl (C=O) groups excluding carboxylic acids is 1. The number of hydrogen-bond acceptors (Lipinski definition) is 3. The molecule has 14 heavy (non-hydrogen) atoms. The van der Waals surface area contributed by atoms with Crippen molar-refractivity contribution in [3.8, 4) is 6.07 Å². The number of rotatable bonds is 2. The van der Waals surface area contributed by atoms with E-state index in [0.29, 0.717) is 5.56 Å². The smallest absolute Gasteiger partial charge is 0.101 e. The molecule has 70 valence electrons. The van der Waals surface area contributed by atoms with Crippen LogP contribution in [0.15, 0.2) is 29.8 Å². The van der Waals surface area contributed by atoms with Crippen LogP contribution in [0.4, 0.5) is 0 Å². The first-order valence-electron chi connectivity index (χ1n) is 4.03. The molecule has 0 aliphatic carbocycles. The molecule has 0 saturated carbocycles. The van der Waals surface area contributed by atoms with Crippen LogP contribution in [0.5, 0.6) is 0 Å². The average Bonchev–Trinajstić information content (AvgIpc) is 2.16. The molecule has 0 radical (unpaired) electrons. The highest BCUT2D eigenvalue weighted by Crippen LogP contribution is 2.07. The predicted octanol–water partition coefficient (Wildman–Crippen LogP) is 0.652. The third-order valence-corrected chi connectivity index (χ3v) is 1.73. The van der Waals surface area contributed by atoms with Gasteiger partial charge < -0.3 is 9.90 Å².